The van der Waals surface area contributed by atoms with E-state index in [0.717, 1.165) is 23.5 Å². The van der Waals surface area contributed by atoms with Gasteiger partial charge < -0.3 is 20.5 Å². The Morgan fingerprint density at radius 3 is 2.83 bits per heavy atom. The molecule has 1 aliphatic rings. The Kier molecular flexibility index (Phi) is 3.50. The van der Waals surface area contributed by atoms with Crippen LogP contribution in [0.4, 0.5) is 11.4 Å². The molecule has 1 heterocycles. The predicted molar refractivity (Wildman–Crippen MR) is 73.8 cm³/mol. The largest absolute Gasteiger partial charge is 0.397 e. The van der Waals surface area contributed by atoms with Gasteiger partial charge in [-0.05, 0) is 32.4 Å². The summed E-state index contributed by atoms with van der Waals surface area (Å²) in [6, 6.07) is 5.93. The van der Waals surface area contributed by atoms with E-state index in [4.69, 9.17) is 10.5 Å². The first kappa shape index (κ1) is 13.2. The molecule has 2 rings (SSSR count). The Labute approximate surface area is 108 Å². The lowest BCUT2D eigenvalue weighted by molar-refractivity contribution is -0.101. The van der Waals surface area contributed by atoms with Gasteiger partial charge in [-0.3, -0.25) is 0 Å². The maximum absolute atomic E-state index is 9.34. The Hall–Kier alpha value is -1.26. The first-order valence-electron chi connectivity index (χ1n) is 6.31. The van der Waals surface area contributed by atoms with E-state index < -0.39 is 0 Å². The number of aliphatic hydroxyl groups is 1. The molecular weight excluding hydrogens is 228 g/mol. The molecule has 0 radical (unpaired) electrons. The molecule has 4 heteroatoms. The zero-order valence-corrected chi connectivity index (χ0v) is 11.3. The van der Waals surface area contributed by atoms with Crippen molar-refractivity contribution in [1.82, 2.24) is 0 Å². The number of benzene rings is 1. The summed E-state index contributed by atoms with van der Waals surface area (Å²) in [5, 5.41) is 9.34. The van der Waals surface area contributed by atoms with Crippen LogP contribution in [0.25, 0.3) is 0 Å². The molecule has 1 saturated heterocycles. The number of ether oxygens (including phenoxy) is 1. The van der Waals surface area contributed by atoms with Gasteiger partial charge in [0.2, 0.25) is 0 Å². The molecular formula is C14H22N2O2. The van der Waals surface area contributed by atoms with E-state index >= 15 is 0 Å². The van der Waals surface area contributed by atoms with Gasteiger partial charge in [-0.2, -0.15) is 0 Å². The number of nitrogens with zero attached hydrogens (tertiary/aromatic N) is 1. The molecule has 1 atom stereocenters. The Bertz CT molecular complexity index is 412. The third-order valence-corrected chi connectivity index (χ3v) is 3.27. The van der Waals surface area contributed by atoms with Crippen molar-refractivity contribution in [3.05, 3.63) is 23.8 Å². The molecule has 1 aliphatic heterocycles. The molecule has 1 aromatic rings. The minimum absolute atomic E-state index is 0.0334. The van der Waals surface area contributed by atoms with Crippen LogP contribution in [0.2, 0.25) is 0 Å². The van der Waals surface area contributed by atoms with Crippen molar-refractivity contribution in [3.63, 3.8) is 0 Å². The van der Waals surface area contributed by atoms with Crippen molar-refractivity contribution in [3.8, 4) is 0 Å². The van der Waals surface area contributed by atoms with Gasteiger partial charge in [0, 0.05) is 13.1 Å². The Morgan fingerprint density at radius 2 is 2.22 bits per heavy atom. The van der Waals surface area contributed by atoms with E-state index in [-0.39, 0.29) is 18.3 Å². The molecule has 18 heavy (non-hydrogen) atoms. The van der Waals surface area contributed by atoms with Crippen LogP contribution in [-0.4, -0.2) is 36.5 Å². The molecule has 100 valence electrons. The second-order valence-electron chi connectivity index (χ2n) is 5.58. The number of anilines is 2. The molecule has 0 bridgehead atoms. The standard InChI is InChI=1S/C14H22N2O2/c1-10-5-4-6-12(15)13(10)16-7-11(8-17)18-14(2,3)9-16/h4-6,11,17H,7-9,15H2,1-3H3. The first-order chi connectivity index (χ1) is 8.43. The quantitative estimate of drug-likeness (QED) is 0.782. The van der Waals surface area contributed by atoms with Crippen LogP contribution in [0.15, 0.2) is 18.2 Å². The SMILES string of the molecule is Cc1cccc(N)c1N1CC(CO)OC(C)(C)C1. The summed E-state index contributed by atoms with van der Waals surface area (Å²) in [4.78, 5) is 2.22. The van der Waals surface area contributed by atoms with Crippen molar-refractivity contribution in [2.45, 2.75) is 32.5 Å². The zero-order chi connectivity index (χ0) is 13.3. The lowest BCUT2D eigenvalue weighted by Crippen LogP contribution is -2.54. The Balaban J connectivity index is 2.32. The summed E-state index contributed by atoms with van der Waals surface area (Å²) in [5.74, 6) is 0. The monoisotopic (exact) mass is 250 g/mol. The van der Waals surface area contributed by atoms with Gasteiger partial charge in [-0.15, -0.1) is 0 Å². The number of hydrogen-bond acceptors (Lipinski definition) is 4. The minimum Gasteiger partial charge on any atom is -0.397 e. The van der Waals surface area contributed by atoms with Gasteiger partial charge in [0.15, 0.2) is 0 Å². The van der Waals surface area contributed by atoms with Gasteiger partial charge in [0.05, 0.1) is 29.7 Å². The highest BCUT2D eigenvalue weighted by atomic mass is 16.5. The van der Waals surface area contributed by atoms with E-state index in [2.05, 4.69) is 17.9 Å². The molecule has 1 fully saturated rings. The predicted octanol–water partition coefficient (Wildman–Crippen LogP) is 1.55. The van der Waals surface area contributed by atoms with Crippen LogP contribution in [0.1, 0.15) is 19.4 Å². The zero-order valence-electron chi connectivity index (χ0n) is 11.3. The smallest absolute Gasteiger partial charge is 0.0988 e. The van der Waals surface area contributed by atoms with Crippen LogP contribution in [0.3, 0.4) is 0 Å². The highest BCUT2D eigenvalue weighted by Gasteiger charge is 2.34. The summed E-state index contributed by atoms with van der Waals surface area (Å²) < 4.78 is 5.82. The van der Waals surface area contributed by atoms with Crippen molar-refractivity contribution >= 4 is 11.4 Å². The fraction of sp³-hybridized carbons (Fsp3) is 0.571. The normalized spacial score (nSPS) is 23.1. The number of aliphatic hydroxyl groups excluding tert-OH is 1. The van der Waals surface area contributed by atoms with Crippen molar-refractivity contribution in [1.29, 1.82) is 0 Å². The summed E-state index contributed by atoms with van der Waals surface area (Å²) in [5.41, 5.74) is 8.81. The number of aryl methyl sites for hydroxylation is 1. The number of morpholine rings is 1. The number of nitrogen functional groups attached to an aromatic ring is 1. The van der Waals surface area contributed by atoms with Gasteiger partial charge >= 0.3 is 0 Å². The van der Waals surface area contributed by atoms with E-state index in [1.807, 2.05) is 26.0 Å². The average Bonchev–Trinajstić information content (AvgIpc) is 2.26. The Morgan fingerprint density at radius 1 is 1.50 bits per heavy atom. The highest BCUT2D eigenvalue weighted by molar-refractivity contribution is 5.71. The molecule has 0 spiro atoms. The maximum atomic E-state index is 9.34. The van der Waals surface area contributed by atoms with Gasteiger partial charge in [0.1, 0.15) is 0 Å². The molecule has 1 aromatic carbocycles. The van der Waals surface area contributed by atoms with Crippen molar-refractivity contribution < 1.29 is 9.84 Å². The molecule has 0 amide bonds. The number of nitrogens with two attached hydrogens (primary N) is 1. The summed E-state index contributed by atoms with van der Waals surface area (Å²) >= 11 is 0. The van der Waals surface area contributed by atoms with Crippen LogP contribution < -0.4 is 10.6 Å². The second-order valence-corrected chi connectivity index (χ2v) is 5.58. The van der Waals surface area contributed by atoms with Gasteiger partial charge in [-0.25, -0.2) is 0 Å². The number of para-hydroxylation sites is 1. The molecule has 3 N–H and O–H groups in total. The summed E-state index contributed by atoms with van der Waals surface area (Å²) in [6.45, 7) is 7.62. The molecule has 0 aliphatic carbocycles. The third kappa shape index (κ3) is 2.60. The van der Waals surface area contributed by atoms with Crippen molar-refractivity contribution in [2.75, 3.05) is 30.3 Å². The van der Waals surface area contributed by atoms with E-state index in [1.165, 1.54) is 0 Å². The first-order valence-corrected chi connectivity index (χ1v) is 6.31. The molecule has 1 unspecified atom stereocenters. The second kappa shape index (κ2) is 4.78. The molecule has 4 nitrogen and oxygen atoms in total. The van der Waals surface area contributed by atoms with Gasteiger partial charge in [-0.1, -0.05) is 12.1 Å². The fourth-order valence-corrected chi connectivity index (χ4v) is 2.67. The maximum Gasteiger partial charge on any atom is 0.0988 e. The topological polar surface area (TPSA) is 58.7 Å². The lowest BCUT2D eigenvalue weighted by Gasteiger charge is -2.44. The van der Waals surface area contributed by atoms with Crippen LogP contribution >= 0.6 is 0 Å². The summed E-state index contributed by atoms with van der Waals surface area (Å²) in [6.07, 6.45) is -0.159. The lowest BCUT2D eigenvalue weighted by atomic mass is 10.0. The number of hydrogen-bond donors (Lipinski definition) is 2. The fourth-order valence-electron chi connectivity index (χ4n) is 2.67. The van der Waals surface area contributed by atoms with E-state index in [0.29, 0.717) is 6.54 Å². The third-order valence-electron chi connectivity index (χ3n) is 3.27. The van der Waals surface area contributed by atoms with E-state index in [9.17, 15) is 5.11 Å². The minimum atomic E-state index is -0.277. The molecule has 0 saturated carbocycles. The van der Waals surface area contributed by atoms with E-state index in [1.54, 1.807) is 0 Å². The average molecular weight is 250 g/mol. The molecule has 0 aromatic heterocycles. The highest BCUT2D eigenvalue weighted by Crippen LogP contribution is 2.32. The van der Waals surface area contributed by atoms with Crippen LogP contribution in [-0.2, 0) is 4.74 Å². The van der Waals surface area contributed by atoms with Crippen LogP contribution in [0, 0.1) is 6.92 Å². The van der Waals surface area contributed by atoms with Crippen LogP contribution in [0.5, 0.6) is 0 Å². The summed E-state index contributed by atoms with van der Waals surface area (Å²) in [7, 11) is 0. The van der Waals surface area contributed by atoms with Crippen molar-refractivity contribution in [2.24, 2.45) is 0 Å². The number of rotatable bonds is 2. The van der Waals surface area contributed by atoms with Gasteiger partial charge in [0.25, 0.3) is 0 Å².